The highest BCUT2D eigenvalue weighted by Crippen LogP contribution is 2.49. The van der Waals surface area contributed by atoms with Gasteiger partial charge in [-0.1, -0.05) is 116 Å². The molecule has 0 aliphatic carbocycles. The fraction of sp³-hybridized carbons (Fsp3) is 0.667. The standard InChI is InChI=1S/C36H58O2S2/c1-15-17-18-23(16-2)32(39-24-19-26(33(3,4)5)30(37)27(20-24)34(6,7)8)40-25-21-28(35(9,10)11)31(38)29(22-25)36(12,13)14/h19-23,32,37-38H,15-18H2,1-14H3. The van der Waals surface area contributed by atoms with Crippen LogP contribution < -0.4 is 0 Å². The first-order valence-electron chi connectivity index (χ1n) is 15.2. The van der Waals surface area contributed by atoms with Gasteiger partial charge in [0.2, 0.25) is 0 Å². The summed E-state index contributed by atoms with van der Waals surface area (Å²) in [6, 6.07) is 8.92. The number of hydrogen-bond donors (Lipinski definition) is 2. The number of aromatic hydroxyl groups is 2. The lowest BCUT2D eigenvalue weighted by Gasteiger charge is -2.31. The van der Waals surface area contributed by atoms with Crippen LogP contribution in [0.2, 0.25) is 0 Å². The van der Waals surface area contributed by atoms with E-state index in [4.69, 9.17) is 0 Å². The van der Waals surface area contributed by atoms with Gasteiger partial charge in [-0.05, 0) is 58.3 Å². The number of hydrogen-bond acceptors (Lipinski definition) is 4. The Kier molecular flexibility index (Phi) is 11.3. The first-order chi connectivity index (χ1) is 18.1. The molecule has 0 radical (unpaired) electrons. The Balaban J connectivity index is 2.72. The van der Waals surface area contributed by atoms with Crippen molar-refractivity contribution in [1.82, 2.24) is 0 Å². The maximum absolute atomic E-state index is 11.3. The average Bonchev–Trinajstić information content (AvgIpc) is 2.78. The molecular formula is C36H58O2S2. The number of phenols is 2. The molecule has 2 N–H and O–H groups in total. The number of unbranched alkanes of at least 4 members (excludes halogenated alkanes) is 1. The lowest BCUT2D eigenvalue weighted by atomic mass is 9.79. The molecule has 0 saturated carbocycles. The molecule has 0 fully saturated rings. The van der Waals surface area contributed by atoms with Crippen molar-refractivity contribution in [3.8, 4) is 11.5 Å². The number of thioether (sulfide) groups is 2. The molecular weight excluding hydrogens is 529 g/mol. The minimum absolute atomic E-state index is 0.157. The highest BCUT2D eigenvalue weighted by molar-refractivity contribution is 8.17. The summed E-state index contributed by atoms with van der Waals surface area (Å²) in [4.78, 5) is 2.46. The van der Waals surface area contributed by atoms with Crippen molar-refractivity contribution < 1.29 is 10.2 Å². The molecule has 2 nitrogen and oxygen atoms in total. The van der Waals surface area contributed by atoms with Crippen LogP contribution in [0.3, 0.4) is 0 Å². The predicted molar refractivity (Wildman–Crippen MR) is 180 cm³/mol. The summed E-state index contributed by atoms with van der Waals surface area (Å²) in [5, 5.41) is 22.7. The van der Waals surface area contributed by atoms with Crippen molar-refractivity contribution >= 4 is 23.5 Å². The number of benzene rings is 2. The van der Waals surface area contributed by atoms with Crippen LogP contribution in [0.25, 0.3) is 0 Å². The van der Waals surface area contributed by atoms with Gasteiger partial charge in [-0.15, -0.1) is 23.5 Å². The molecule has 2 aromatic rings. The lowest BCUT2D eigenvalue weighted by molar-refractivity contribution is 0.421. The largest absolute Gasteiger partial charge is 0.507 e. The smallest absolute Gasteiger partial charge is 0.123 e. The molecule has 0 spiro atoms. The maximum atomic E-state index is 11.3. The van der Waals surface area contributed by atoms with E-state index in [9.17, 15) is 10.2 Å². The first-order valence-corrected chi connectivity index (χ1v) is 17.0. The zero-order chi connectivity index (χ0) is 30.8. The SMILES string of the molecule is CCCCC(CC)C(Sc1cc(C(C)(C)C)c(O)c(C(C)(C)C)c1)Sc1cc(C(C)(C)C)c(O)c(C(C)(C)C)c1. The molecule has 0 amide bonds. The summed E-state index contributed by atoms with van der Waals surface area (Å²) in [7, 11) is 0. The Bertz CT molecular complexity index is 984. The van der Waals surface area contributed by atoms with Crippen molar-refractivity contribution in [1.29, 1.82) is 0 Å². The van der Waals surface area contributed by atoms with Gasteiger partial charge < -0.3 is 10.2 Å². The zero-order valence-corrected chi connectivity index (χ0v) is 29.6. The molecule has 4 heteroatoms. The third-order valence-corrected chi connectivity index (χ3v) is 10.6. The molecule has 1 atom stereocenters. The second-order valence-corrected chi connectivity index (χ2v) is 18.4. The number of phenolic OH excluding ortho intramolecular Hbond substituents is 2. The van der Waals surface area contributed by atoms with E-state index in [1.807, 2.05) is 23.5 Å². The van der Waals surface area contributed by atoms with Gasteiger partial charge in [0.05, 0.1) is 4.58 Å². The Hall–Kier alpha value is -1.26. The highest BCUT2D eigenvalue weighted by atomic mass is 32.2. The Morgan fingerprint density at radius 3 is 1.10 bits per heavy atom. The summed E-state index contributed by atoms with van der Waals surface area (Å²) in [6.45, 7) is 30.8. The summed E-state index contributed by atoms with van der Waals surface area (Å²) in [6.07, 6.45) is 4.74. The van der Waals surface area contributed by atoms with Gasteiger partial charge in [0.1, 0.15) is 11.5 Å². The topological polar surface area (TPSA) is 40.5 Å². The average molecular weight is 587 g/mol. The number of rotatable bonds is 9. The van der Waals surface area contributed by atoms with Crippen molar-refractivity contribution in [3.05, 3.63) is 46.5 Å². The quantitative estimate of drug-likeness (QED) is 0.226. The van der Waals surface area contributed by atoms with Crippen LogP contribution in [-0.2, 0) is 21.7 Å². The van der Waals surface area contributed by atoms with Crippen LogP contribution >= 0.6 is 23.5 Å². The third kappa shape index (κ3) is 8.87. The van der Waals surface area contributed by atoms with Crippen LogP contribution in [0.4, 0.5) is 0 Å². The maximum Gasteiger partial charge on any atom is 0.123 e. The van der Waals surface area contributed by atoms with E-state index in [1.54, 1.807) is 0 Å². The van der Waals surface area contributed by atoms with Crippen molar-refractivity contribution in [2.75, 3.05) is 0 Å². The second-order valence-electron chi connectivity index (χ2n) is 15.6. The van der Waals surface area contributed by atoms with Crippen LogP contribution in [0, 0.1) is 5.92 Å². The lowest BCUT2D eigenvalue weighted by Crippen LogP contribution is -2.19. The van der Waals surface area contributed by atoms with Gasteiger partial charge in [-0.2, -0.15) is 0 Å². The molecule has 226 valence electrons. The van der Waals surface area contributed by atoms with Crippen LogP contribution in [-0.4, -0.2) is 14.8 Å². The molecule has 0 bridgehead atoms. The van der Waals surface area contributed by atoms with Crippen LogP contribution in [0.5, 0.6) is 11.5 Å². The minimum atomic E-state index is -0.157. The molecule has 1 unspecified atom stereocenters. The van der Waals surface area contributed by atoms with Crippen LogP contribution in [0.1, 0.15) is 145 Å². The Morgan fingerprint density at radius 2 is 0.875 bits per heavy atom. The van der Waals surface area contributed by atoms with Gasteiger partial charge in [-0.3, -0.25) is 0 Å². The molecule has 0 heterocycles. The highest BCUT2D eigenvalue weighted by Gasteiger charge is 2.31. The third-order valence-electron chi connectivity index (χ3n) is 7.74. The first kappa shape index (κ1) is 34.9. The zero-order valence-electron chi connectivity index (χ0n) is 28.0. The predicted octanol–water partition coefficient (Wildman–Crippen LogP) is 11.7. The van der Waals surface area contributed by atoms with Crippen molar-refractivity contribution in [3.63, 3.8) is 0 Å². The van der Waals surface area contributed by atoms with Crippen molar-refractivity contribution in [2.24, 2.45) is 5.92 Å². The van der Waals surface area contributed by atoms with E-state index in [0.717, 1.165) is 28.7 Å². The summed E-state index contributed by atoms with van der Waals surface area (Å²) < 4.78 is 0.312. The van der Waals surface area contributed by atoms with E-state index in [1.165, 1.54) is 29.1 Å². The van der Waals surface area contributed by atoms with Gasteiger partial charge in [-0.25, -0.2) is 0 Å². The fourth-order valence-corrected chi connectivity index (χ4v) is 8.30. The molecule has 0 aromatic heterocycles. The second kappa shape index (κ2) is 12.9. The normalized spacial score (nSPS) is 14.2. The Labute approximate surface area is 255 Å². The molecule has 2 rings (SSSR count). The summed E-state index contributed by atoms with van der Waals surface area (Å²) in [5.74, 6) is 1.43. The van der Waals surface area contributed by atoms with E-state index in [-0.39, 0.29) is 21.7 Å². The molecule has 0 saturated heterocycles. The summed E-state index contributed by atoms with van der Waals surface area (Å²) >= 11 is 3.91. The van der Waals surface area contributed by atoms with Gasteiger partial charge in [0, 0.05) is 32.0 Å². The van der Waals surface area contributed by atoms with Crippen molar-refractivity contribution in [2.45, 2.75) is 159 Å². The van der Waals surface area contributed by atoms with Gasteiger partial charge >= 0.3 is 0 Å². The van der Waals surface area contributed by atoms with E-state index >= 15 is 0 Å². The fourth-order valence-electron chi connectivity index (χ4n) is 5.12. The van der Waals surface area contributed by atoms with Crippen LogP contribution in [0.15, 0.2) is 34.1 Å². The minimum Gasteiger partial charge on any atom is -0.507 e. The van der Waals surface area contributed by atoms with Gasteiger partial charge in [0.25, 0.3) is 0 Å². The Morgan fingerprint density at radius 1 is 0.575 bits per heavy atom. The van der Waals surface area contributed by atoms with Gasteiger partial charge in [0.15, 0.2) is 0 Å². The monoisotopic (exact) mass is 586 g/mol. The molecule has 0 aliphatic rings. The van der Waals surface area contributed by atoms with E-state index < -0.39 is 0 Å². The summed E-state index contributed by atoms with van der Waals surface area (Å²) in [5.41, 5.74) is 3.44. The molecule has 2 aromatic carbocycles. The molecule has 0 aliphatic heterocycles. The van der Waals surface area contributed by atoms with E-state index in [2.05, 4.69) is 121 Å². The molecule has 40 heavy (non-hydrogen) atoms. The van der Waals surface area contributed by atoms with E-state index in [0.29, 0.717) is 22.0 Å².